The van der Waals surface area contributed by atoms with Crippen LogP contribution in [0.3, 0.4) is 0 Å². The number of carbonyl (C=O) groups excluding carboxylic acids is 1. The molecular formula is C22H28N2O. The summed E-state index contributed by atoms with van der Waals surface area (Å²) in [5, 5.41) is 6.74. The molecule has 1 amide bonds. The molecule has 132 valence electrons. The van der Waals surface area contributed by atoms with Gasteiger partial charge < -0.3 is 10.6 Å². The Kier molecular flexibility index (Phi) is 5.02. The average Bonchev–Trinajstić information content (AvgIpc) is 3.55. The molecule has 0 heterocycles. The third-order valence-electron chi connectivity index (χ3n) is 5.50. The molecule has 0 saturated heterocycles. The highest BCUT2D eigenvalue weighted by atomic mass is 16.1. The standard InChI is InChI=1S/C22H28N2O/c25-22(23-12-11-16-5-2-1-3-6-16)19-8-4-7-18(13-19)20-14-21(20)24-15-17-9-10-17/h2,4-8,13,17,20-21,24H,1,3,9-12,14-15H2,(H,23,25). The van der Waals surface area contributed by atoms with Gasteiger partial charge in [-0.1, -0.05) is 35.9 Å². The molecule has 2 unspecified atom stereocenters. The number of carbonyl (C=O) groups is 1. The van der Waals surface area contributed by atoms with Crippen LogP contribution in [-0.2, 0) is 0 Å². The van der Waals surface area contributed by atoms with Crippen LogP contribution in [0.2, 0.25) is 0 Å². The van der Waals surface area contributed by atoms with Gasteiger partial charge in [-0.25, -0.2) is 0 Å². The van der Waals surface area contributed by atoms with Crippen molar-refractivity contribution >= 4 is 5.91 Å². The lowest BCUT2D eigenvalue weighted by Gasteiger charge is -2.09. The zero-order valence-corrected chi connectivity index (χ0v) is 14.8. The van der Waals surface area contributed by atoms with Crippen LogP contribution >= 0.6 is 0 Å². The van der Waals surface area contributed by atoms with E-state index in [1.165, 1.54) is 36.9 Å². The van der Waals surface area contributed by atoms with Crippen molar-refractivity contribution in [1.82, 2.24) is 10.6 Å². The lowest BCUT2D eigenvalue weighted by Crippen LogP contribution is -2.25. The molecule has 0 spiro atoms. The number of allylic oxidation sites excluding steroid dienone is 3. The van der Waals surface area contributed by atoms with Crippen molar-refractivity contribution in [3.63, 3.8) is 0 Å². The van der Waals surface area contributed by atoms with E-state index in [0.29, 0.717) is 18.5 Å². The highest BCUT2D eigenvalue weighted by Crippen LogP contribution is 2.41. The van der Waals surface area contributed by atoms with E-state index < -0.39 is 0 Å². The van der Waals surface area contributed by atoms with Crippen molar-refractivity contribution in [2.75, 3.05) is 13.1 Å². The van der Waals surface area contributed by atoms with Crippen molar-refractivity contribution in [3.05, 3.63) is 59.2 Å². The van der Waals surface area contributed by atoms with Gasteiger partial charge in [0, 0.05) is 24.1 Å². The van der Waals surface area contributed by atoms with Crippen LogP contribution in [0, 0.1) is 5.92 Å². The summed E-state index contributed by atoms with van der Waals surface area (Å²) >= 11 is 0. The SMILES string of the molecule is O=C(NCCC1=CCCC=C1)c1cccc(C2CC2NCC2CC2)c1. The monoisotopic (exact) mass is 336 g/mol. The van der Waals surface area contributed by atoms with E-state index in [1.54, 1.807) is 0 Å². The fourth-order valence-electron chi connectivity index (χ4n) is 3.62. The molecule has 3 aliphatic rings. The Balaban J connectivity index is 1.26. The Morgan fingerprint density at radius 3 is 2.92 bits per heavy atom. The van der Waals surface area contributed by atoms with Gasteiger partial charge in [0.2, 0.25) is 0 Å². The lowest BCUT2D eigenvalue weighted by molar-refractivity contribution is 0.0954. The minimum Gasteiger partial charge on any atom is -0.352 e. The van der Waals surface area contributed by atoms with Gasteiger partial charge in [0.05, 0.1) is 0 Å². The summed E-state index contributed by atoms with van der Waals surface area (Å²) in [4.78, 5) is 12.4. The van der Waals surface area contributed by atoms with Gasteiger partial charge in [-0.3, -0.25) is 4.79 Å². The van der Waals surface area contributed by atoms with Crippen molar-refractivity contribution in [2.45, 2.75) is 50.5 Å². The summed E-state index contributed by atoms with van der Waals surface area (Å²) in [6.45, 7) is 1.87. The fourth-order valence-corrected chi connectivity index (χ4v) is 3.62. The number of rotatable bonds is 8. The van der Waals surface area contributed by atoms with E-state index in [4.69, 9.17) is 0 Å². The zero-order valence-electron chi connectivity index (χ0n) is 14.8. The van der Waals surface area contributed by atoms with Crippen LogP contribution in [0.5, 0.6) is 0 Å². The van der Waals surface area contributed by atoms with E-state index in [0.717, 1.165) is 30.7 Å². The van der Waals surface area contributed by atoms with Crippen LogP contribution in [0.1, 0.15) is 60.4 Å². The Labute approximate surface area is 150 Å². The van der Waals surface area contributed by atoms with Gasteiger partial charge in [0.15, 0.2) is 0 Å². The van der Waals surface area contributed by atoms with Crippen molar-refractivity contribution in [3.8, 4) is 0 Å². The second-order valence-electron chi connectivity index (χ2n) is 7.69. The molecule has 2 fully saturated rings. The molecule has 3 nitrogen and oxygen atoms in total. The summed E-state index contributed by atoms with van der Waals surface area (Å²) in [7, 11) is 0. The lowest BCUT2D eigenvalue weighted by atomic mass is 10.0. The van der Waals surface area contributed by atoms with E-state index in [-0.39, 0.29) is 5.91 Å². The van der Waals surface area contributed by atoms with Gasteiger partial charge >= 0.3 is 0 Å². The highest BCUT2D eigenvalue weighted by molar-refractivity contribution is 5.94. The molecule has 0 bridgehead atoms. The first-order chi connectivity index (χ1) is 12.3. The zero-order chi connectivity index (χ0) is 17.1. The molecular weight excluding hydrogens is 308 g/mol. The molecule has 0 radical (unpaired) electrons. The smallest absolute Gasteiger partial charge is 0.251 e. The molecule has 0 aliphatic heterocycles. The molecule has 0 aromatic heterocycles. The second-order valence-corrected chi connectivity index (χ2v) is 7.69. The van der Waals surface area contributed by atoms with E-state index in [2.05, 4.69) is 41.0 Å². The van der Waals surface area contributed by atoms with Crippen molar-refractivity contribution in [1.29, 1.82) is 0 Å². The van der Waals surface area contributed by atoms with Crippen molar-refractivity contribution in [2.24, 2.45) is 5.92 Å². The van der Waals surface area contributed by atoms with Crippen LogP contribution in [0.25, 0.3) is 0 Å². The third-order valence-corrected chi connectivity index (χ3v) is 5.50. The first-order valence-electron chi connectivity index (χ1n) is 9.77. The molecule has 2 N–H and O–H groups in total. The highest BCUT2D eigenvalue weighted by Gasteiger charge is 2.39. The summed E-state index contributed by atoms with van der Waals surface area (Å²) in [5.74, 6) is 1.56. The maximum absolute atomic E-state index is 12.4. The van der Waals surface area contributed by atoms with Crippen LogP contribution in [-0.4, -0.2) is 25.0 Å². The van der Waals surface area contributed by atoms with Gasteiger partial charge in [-0.05, 0) is 68.7 Å². The Morgan fingerprint density at radius 2 is 2.12 bits per heavy atom. The van der Waals surface area contributed by atoms with Crippen LogP contribution < -0.4 is 10.6 Å². The van der Waals surface area contributed by atoms with E-state index in [9.17, 15) is 4.79 Å². The Morgan fingerprint density at radius 1 is 1.20 bits per heavy atom. The Hall–Kier alpha value is -1.87. The third kappa shape index (κ3) is 4.60. The van der Waals surface area contributed by atoms with E-state index >= 15 is 0 Å². The molecule has 3 heteroatoms. The number of hydrogen-bond donors (Lipinski definition) is 2. The predicted molar refractivity (Wildman–Crippen MR) is 102 cm³/mol. The summed E-state index contributed by atoms with van der Waals surface area (Å²) < 4.78 is 0. The molecule has 2 saturated carbocycles. The van der Waals surface area contributed by atoms with Gasteiger partial charge in [-0.15, -0.1) is 0 Å². The largest absolute Gasteiger partial charge is 0.352 e. The molecule has 1 aromatic carbocycles. The number of nitrogens with one attached hydrogen (secondary N) is 2. The molecule has 4 rings (SSSR count). The fraction of sp³-hybridized carbons (Fsp3) is 0.500. The first-order valence-corrected chi connectivity index (χ1v) is 9.77. The minimum atomic E-state index is 0.0466. The topological polar surface area (TPSA) is 41.1 Å². The maximum Gasteiger partial charge on any atom is 0.251 e. The molecule has 2 atom stereocenters. The van der Waals surface area contributed by atoms with Gasteiger partial charge in [0.25, 0.3) is 5.91 Å². The van der Waals surface area contributed by atoms with Crippen molar-refractivity contribution < 1.29 is 4.79 Å². The normalized spacial score (nSPS) is 24.7. The first kappa shape index (κ1) is 16.6. The quantitative estimate of drug-likeness (QED) is 0.755. The maximum atomic E-state index is 12.4. The van der Waals surface area contributed by atoms with Gasteiger partial charge in [0.1, 0.15) is 0 Å². The van der Waals surface area contributed by atoms with Crippen LogP contribution in [0.4, 0.5) is 0 Å². The number of hydrogen-bond acceptors (Lipinski definition) is 2. The van der Waals surface area contributed by atoms with E-state index in [1.807, 2.05) is 12.1 Å². The number of benzene rings is 1. The predicted octanol–water partition coefficient (Wildman–Crippen LogP) is 3.94. The second kappa shape index (κ2) is 7.57. The number of amides is 1. The average molecular weight is 336 g/mol. The summed E-state index contributed by atoms with van der Waals surface area (Å²) in [5.41, 5.74) is 3.43. The molecule has 1 aromatic rings. The van der Waals surface area contributed by atoms with Crippen LogP contribution in [0.15, 0.2) is 48.1 Å². The minimum absolute atomic E-state index is 0.0466. The van der Waals surface area contributed by atoms with Gasteiger partial charge in [-0.2, -0.15) is 0 Å². The summed E-state index contributed by atoms with van der Waals surface area (Å²) in [6.07, 6.45) is 13.8. The Bertz CT molecular complexity index is 687. The summed E-state index contributed by atoms with van der Waals surface area (Å²) in [6, 6.07) is 8.81. The molecule has 25 heavy (non-hydrogen) atoms. The molecule has 3 aliphatic carbocycles.